The van der Waals surface area contributed by atoms with Crippen molar-refractivity contribution in [2.45, 2.75) is 25.2 Å². The van der Waals surface area contributed by atoms with Gasteiger partial charge in [0.1, 0.15) is 0 Å². The fourth-order valence-corrected chi connectivity index (χ4v) is 3.63. The van der Waals surface area contributed by atoms with E-state index in [1.54, 1.807) is 12.1 Å². The van der Waals surface area contributed by atoms with Gasteiger partial charge in [-0.2, -0.15) is 0 Å². The molecule has 8 heteroatoms. The second kappa shape index (κ2) is 8.94. The minimum atomic E-state index is -3.59. The van der Waals surface area contributed by atoms with Crippen LogP contribution in [0.1, 0.15) is 20.3 Å². The molecule has 0 aliphatic heterocycles. The number of amides is 1. The van der Waals surface area contributed by atoms with Crippen molar-refractivity contribution in [2.24, 2.45) is 5.41 Å². The molecule has 1 aromatic carbocycles. The van der Waals surface area contributed by atoms with Gasteiger partial charge >= 0.3 is 0 Å². The molecule has 0 aromatic heterocycles. The Hall–Kier alpha value is -0.960. The van der Waals surface area contributed by atoms with Crippen molar-refractivity contribution >= 4 is 31.9 Å². The standard InChI is InChI=1S/C16H26BrN3O3S/c1-16(2,12-20(3)4)11-18-15(21)9-10-19-24(22,23)14-7-5-13(17)6-8-14/h5-8,19H,9-12H2,1-4H3,(H,18,21). The van der Waals surface area contributed by atoms with Gasteiger partial charge in [0.2, 0.25) is 15.9 Å². The van der Waals surface area contributed by atoms with Crippen LogP contribution >= 0.6 is 15.9 Å². The smallest absolute Gasteiger partial charge is 0.240 e. The topological polar surface area (TPSA) is 78.5 Å². The molecule has 1 rings (SSSR count). The Labute approximate surface area is 153 Å². The van der Waals surface area contributed by atoms with Gasteiger partial charge in [0.05, 0.1) is 4.90 Å². The number of halogens is 1. The summed E-state index contributed by atoms with van der Waals surface area (Å²) < 4.78 is 27.4. The quantitative estimate of drug-likeness (QED) is 0.639. The molecular formula is C16H26BrN3O3S. The largest absolute Gasteiger partial charge is 0.355 e. The molecule has 2 N–H and O–H groups in total. The van der Waals surface area contributed by atoms with Gasteiger partial charge in [0.25, 0.3) is 0 Å². The van der Waals surface area contributed by atoms with E-state index in [4.69, 9.17) is 0 Å². The molecule has 0 fully saturated rings. The Morgan fingerprint density at radius 3 is 2.33 bits per heavy atom. The maximum absolute atomic E-state index is 12.1. The third-order valence-corrected chi connectivity index (χ3v) is 5.28. The molecule has 0 bridgehead atoms. The molecule has 0 aliphatic rings. The zero-order valence-electron chi connectivity index (χ0n) is 14.6. The molecule has 0 saturated carbocycles. The number of carbonyl (C=O) groups excluding carboxylic acids is 1. The summed E-state index contributed by atoms with van der Waals surface area (Å²) in [7, 11) is 0.384. The summed E-state index contributed by atoms with van der Waals surface area (Å²) in [4.78, 5) is 14.1. The van der Waals surface area contributed by atoms with Crippen LogP contribution in [0.3, 0.4) is 0 Å². The highest BCUT2D eigenvalue weighted by Gasteiger charge is 2.20. The minimum absolute atomic E-state index is 0.0455. The van der Waals surface area contributed by atoms with Crippen LogP contribution in [0.5, 0.6) is 0 Å². The monoisotopic (exact) mass is 419 g/mol. The molecule has 0 aliphatic carbocycles. The van der Waals surface area contributed by atoms with Crippen molar-refractivity contribution in [2.75, 3.05) is 33.7 Å². The summed E-state index contributed by atoms with van der Waals surface area (Å²) in [6, 6.07) is 6.34. The Balaban J connectivity index is 2.41. The molecule has 1 aromatic rings. The van der Waals surface area contributed by atoms with Crippen molar-refractivity contribution in [1.82, 2.24) is 14.9 Å². The van der Waals surface area contributed by atoms with Gasteiger partial charge in [-0.15, -0.1) is 0 Å². The van der Waals surface area contributed by atoms with Gasteiger partial charge in [0, 0.05) is 30.5 Å². The normalized spacial score (nSPS) is 12.4. The molecule has 6 nitrogen and oxygen atoms in total. The molecule has 0 atom stereocenters. The Kier molecular flexibility index (Phi) is 7.85. The van der Waals surface area contributed by atoms with Crippen LogP contribution in [0.4, 0.5) is 0 Å². The van der Waals surface area contributed by atoms with Crippen LogP contribution in [0.25, 0.3) is 0 Å². The van der Waals surface area contributed by atoms with Gasteiger partial charge in [-0.1, -0.05) is 29.8 Å². The lowest BCUT2D eigenvalue weighted by molar-refractivity contribution is -0.121. The van der Waals surface area contributed by atoms with E-state index in [1.807, 2.05) is 14.1 Å². The van der Waals surface area contributed by atoms with Crippen LogP contribution < -0.4 is 10.0 Å². The summed E-state index contributed by atoms with van der Waals surface area (Å²) in [5.74, 6) is -0.166. The van der Waals surface area contributed by atoms with Gasteiger partial charge in [0.15, 0.2) is 0 Å². The summed E-state index contributed by atoms with van der Waals surface area (Å²) in [5.41, 5.74) is -0.0455. The number of sulfonamides is 1. The van der Waals surface area contributed by atoms with E-state index in [-0.39, 0.29) is 29.2 Å². The molecule has 24 heavy (non-hydrogen) atoms. The van der Waals surface area contributed by atoms with E-state index in [0.29, 0.717) is 6.54 Å². The fraction of sp³-hybridized carbons (Fsp3) is 0.562. The molecule has 0 unspecified atom stereocenters. The van der Waals surface area contributed by atoms with Crippen LogP contribution in [0, 0.1) is 5.41 Å². The maximum atomic E-state index is 12.1. The van der Waals surface area contributed by atoms with E-state index in [9.17, 15) is 13.2 Å². The van der Waals surface area contributed by atoms with Crippen molar-refractivity contribution in [1.29, 1.82) is 0 Å². The molecule has 1 amide bonds. The summed E-state index contributed by atoms with van der Waals surface area (Å²) in [6.45, 7) is 5.61. The number of hydrogen-bond donors (Lipinski definition) is 2. The van der Waals surface area contributed by atoms with Gasteiger partial charge in [-0.3, -0.25) is 4.79 Å². The first-order chi connectivity index (χ1) is 11.0. The highest BCUT2D eigenvalue weighted by molar-refractivity contribution is 9.10. The van der Waals surface area contributed by atoms with Gasteiger partial charge < -0.3 is 10.2 Å². The second-order valence-electron chi connectivity index (χ2n) is 6.78. The zero-order valence-corrected chi connectivity index (χ0v) is 17.0. The average molecular weight is 420 g/mol. The number of benzene rings is 1. The highest BCUT2D eigenvalue weighted by atomic mass is 79.9. The van der Waals surface area contributed by atoms with Crippen LogP contribution in [0.15, 0.2) is 33.6 Å². The first-order valence-corrected chi connectivity index (χ1v) is 9.96. The number of hydrogen-bond acceptors (Lipinski definition) is 4. The molecule has 0 heterocycles. The van der Waals surface area contributed by atoms with Crippen molar-refractivity contribution in [3.63, 3.8) is 0 Å². The van der Waals surface area contributed by atoms with Crippen LogP contribution in [-0.4, -0.2) is 53.0 Å². The van der Waals surface area contributed by atoms with Crippen LogP contribution in [-0.2, 0) is 14.8 Å². The lowest BCUT2D eigenvalue weighted by Gasteiger charge is -2.28. The Morgan fingerprint density at radius 1 is 1.21 bits per heavy atom. The molecule has 0 saturated heterocycles. The van der Waals surface area contributed by atoms with E-state index in [2.05, 4.69) is 44.7 Å². The van der Waals surface area contributed by atoms with E-state index >= 15 is 0 Å². The number of nitrogens with zero attached hydrogens (tertiary/aromatic N) is 1. The number of nitrogens with one attached hydrogen (secondary N) is 2. The first kappa shape index (κ1) is 21.1. The average Bonchev–Trinajstić information content (AvgIpc) is 2.44. The Morgan fingerprint density at radius 2 is 1.79 bits per heavy atom. The highest BCUT2D eigenvalue weighted by Crippen LogP contribution is 2.15. The van der Waals surface area contributed by atoms with Crippen LogP contribution in [0.2, 0.25) is 0 Å². The summed E-state index contributed by atoms with van der Waals surface area (Å²) in [6.07, 6.45) is 0.105. The van der Waals surface area contributed by atoms with Crippen molar-refractivity contribution < 1.29 is 13.2 Å². The predicted molar refractivity (Wildman–Crippen MR) is 99.3 cm³/mol. The number of rotatable bonds is 9. The van der Waals surface area contributed by atoms with E-state index < -0.39 is 10.0 Å². The fourth-order valence-electron chi connectivity index (χ4n) is 2.33. The third kappa shape index (κ3) is 7.74. The third-order valence-electron chi connectivity index (χ3n) is 3.28. The van der Waals surface area contributed by atoms with Crippen molar-refractivity contribution in [3.8, 4) is 0 Å². The minimum Gasteiger partial charge on any atom is -0.355 e. The zero-order chi connectivity index (χ0) is 18.4. The SMILES string of the molecule is CN(C)CC(C)(C)CNC(=O)CCNS(=O)(=O)c1ccc(Br)cc1. The van der Waals surface area contributed by atoms with E-state index in [0.717, 1.165) is 11.0 Å². The predicted octanol–water partition coefficient (Wildman–Crippen LogP) is 1.82. The molecular weight excluding hydrogens is 394 g/mol. The maximum Gasteiger partial charge on any atom is 0.240 e. The summed E-state index contributed by atoms with van der Waals surface area (Å²) >= 11 is 3.26. The van der Waals surface area contributed by atoms with Gasteiger partial charge in [-0.25, -0.2) is 13.1 Å². The summed E-state index contributed by atoms with van der Waals surface area (Å²) in [5, 5.41) is 2.86. The first-order valence-electron chi connectivity index (χ1n) is 7.68. The second-order valence-corrected chi connectivity index (χ2v) is 9.46. The molecule has 0 radical (unpaired) electrons. The van der Waals surface area contributed by atoms with Crippen molar-refractivity contribution in [3.05, 3.63) is 28.7 Å². The number of carbonyl (C=O) groups is 1. The Bertz CT molecular complexity index is 643. The molecule has 136 valence electrons. The molecule has 0 spiro atoms. The van der Waals surface area contributed by atoms with Gasteiger partial charge in [-0.05, 0) is 43.8 Å². The van der Waals surface area contributed by atoms with E-state index in [1.165, 1.54) is 12.1 Å². The lowest BCUT2D eigenvalue weighted by atomic mass is 9.93. The lowest BCUT2D eigenvalue weighted by Crippen LogP contribution is -2.40.